The Morgan fingerprint density at radius 1 is 0.941 bits per heavy atom. The van der Waals surface area contributed by atoms with Crippen LogP contribution < -0.4 is 9.47 Å². The maximum absolute atomic E-state index is 12.7. The van der Waals surface area contributed by atoms with Gasteiger partial charge in [-0.25, -0.2) is 0 Å². The van der Waals surface area contributed by atoms with E-state index in [2.05, 4.69) is 17.0 Å². The van der Waals surface area contributed by atoms with E-state index in [0.29, 0.717) is 23.3 Å². The number of halogens is 1. The summed E-state index contributed by atoms with van der Waals surface area (Å²) in [4.78, 5) is 17.3. The average molecular weight is 483 g/mol. The molecular weight excluding hydrogens is 448 g/mol. The lowest BCUT2D eigenvalue weighted by molar-refractivity contribution is -0.127. The van der Waals surface area contributed by atoms with Crippen molar-refractivity contribution in [3.8, 4) is 11.5 Å². The number of hydrogen-bond donors (Lipinski definition) is 0. The van der Waals surface area contributed by atoms with Crippen molar-refractivity contribution in [3.63, 3.8) is 0 Å². The molecule has 2 aliphatic rings. The topological polar surface area (TPSA) is 42.0 Å². The first-order chi connectivity index (χ1) is 16.6. The van der Waals surface area contributed by atoms with Crippen LogP contribution in [-0.2, 0) is 4.79 Å². The van der Waals surface area contributed by atoms with Crippen molar-refractivity contribution in [2.24, 2.45) is 5.92 Å². The van der Waals surface area contributed by atoms with E-state index in [1.165, 1.54) is 18.4 Å². The van der Waals surface area contributed by atoms with E-state index in [1.54, 1.807) is 20.3 Å². The van der Waals surface area contributed by atoms with Crippen molar-refractivity contribution in [3.05, 3.63) is 64.7 Å². The predicted octanol–water partition coefficient (Wildman–Crippen LogP) is 5.49. The van der Waals surface area contributed by atoms with Crippen molar-refractivity contribution in [1.29, 1.82) is 0 Å². The van der Waals surface area contributed by atoms with Crippen molar-refractivity contribution >= 4 is 23.6 Å². The minimum Gasteiger partial charge on any atom is -0.493 e. The summed E-state index contributed by atoms with van der Waals surface area (Å²) in [5.41, 5.74) is 2.33. The van der Waals surface area contributed by atoms with Gasteiger partial charge in [-0.05, 0) is 92.1 Å². The molecule has 0 radical (unpaired) electrons. The summed E-state index contributed by atoms with van der Waals surface area (Å²) in [6.45, 7) is 5.12. The SMILES string of the molecule is COc1ccc(/C=C/C(=O)N2CCC(CN3CCC(c4ccc(Cl)cc4)CC3)CC2)cc1OC. The molecule has 0 unspecified atom stereocenters. The van der Waals surface area contributed by atoms with Crippen molar-refractivity contribution < 1.29 is 14.3 Å². The van der Waals surface area contributed by atoms with E-state index in [4.69, 9.17) is 21.1 Å². The van der Waals surface area contributed by atoms with Crippen LogP contribution in [0.25, 0.3) is 6.08 Å². The molecular formula is C28H35ClN2O3. The van der Waals surface area contributed by atoms with E-state index < -0.39 is 0 Å². The standard InChI is InChI=1S/C28H35ClN2O3/c1-33-26-9-3-21(19-27(26)34-2)4-10-28(32)31-17-11-22(12-18-31)20-30-15-13-24(14-16-30)23-5-7-25(29)8-6-23/h3-10,19,22,24H,11-18,20H2,1-2H3/b10-4+. The second-order valence-corrected chi connectivity index (χ2v) is 9.78. The molecule has 4 rings (SSSR count). The molecule has 2 saturated heterocycles. The molecule has 0 spiro atoms. The maximum atomic E-state index is 12.7. The fourth-order valence-corrected chi connectivity index (χ4v) is 5.24. The number of piperidine rings is 2. The zero-order valence-electron chi connectivity index (χ0n) is 20.2. The summed E-state index contributed by atoms with van der Waals surface area (Å²) in [6, 6.07) is 14.0. The molecule has 2 aliphatic heterocycles. The van der Waals surface area contributed by atoms with Crippen LogP contribution in [-0.4, -0.2) is 62.7 Å². The summed E-state index contributed by atoms with van der Waals surface area (Å²) in [5, 5.41) is 0.808. The van der Waals surface area contributed by atoms with Crippen LogP contribution in [0.1, 0.15) is 42.7 Å². The van der Waals surface area contributed by atoms with Gasteiger partial charge >= 0.3 is 0 Å². The summed E-state index contributed by atoms with van der Waals surface area (Å²) < 4.78 is 10.6. The molecule has 2 fully saturated rings. The summed E-state index contributed by atoms with van der Waals surface area (Å²) in [6.07, 6.45) is 8.09. The first-order valence-electron chi connectivity index (χ1n) is 12.2. The largest absolute Gasteiger partial charge is 0.493 e. The normalized spacial score (nSPS) is 18.4. The number of nitrogens with zero attached hydrogens (tertiary/aromatic N) is 2. The highest BCUT2D eigenvalue weighted by molar-refractivity contribution is 6.30. The van der Waals surface area contributed by atoms with Crippen molar-refractivity contribution in [1.82, 2.24) is 9.80 Å². The van der Waals surface area contributed by atoms with Gasteiger partial charge in [-0.1, -0.05) is 29.8 Å². The number of likely N-dealkylation sites (tertiary alicyclic amines) is 2. The van der Waals surface area contributed by atoms with Gasteiger partial charge in [-0.3, -0.25) is 4.79 Å². The minimum atomic E-state index is 0.0806. The summed E-state index contributed by atoms with van der Waals surface area (Å²) in [5.74, 6) is 2.74. The zero-order valence-corrected chi connectivity index (χ0v) is 21.0. The number of methoxy groups -OCH3 is 2. The smallest absolute Gasteiger partial charge is 0.246 e. The molecule has 2 heterocycles. The Hall–Kier alpha value is -2.50. The van der Waals surface area contributed by atoms with Crippen LogP contribution >= 0.6 is 11.6 Å². The van der Waals surface area contributed by atoms with Gasteiger partial charge in [0.05, 0.1) is 14.2 Å². The van der Waals surface area contributed by atoms with E-state index in [-0.39, 0.29) is 5.91 Å². The maximum Gasteiger partial charge on any atom is 0.246 e. The van der Waals surface area contributed by atoms with Gasteiger partial charge in [-0.15, -0.1) is 0 Å². The molecule has 5 nitrogen and oxygen atoms in total. The van der Waals surface area contributed by atoms with E-state index in [9.17, 15) is 4.79 Å². The number of carbonyl (C=O) groups is 1. The Morgan fingerprint density at radius 2 is 1.62 bits per heavy atom. The number of amides is 1. The Bertz CT molecular complexity index is 976. The molecule has 2 aromatic carbocycles. The van der Waals surface area contributed by atoms with Crippen LogP contribution in [0.15, 0.2) is 48.5 Å². The Labute approximate surface area is 208 Å². The third kappa shape index (κ3) is 6.34. The Morgan fingerprint density at radius 3 is 2.26 bits per heavy atom. The molecule has 182 valence electrons. The van der Waals surface area contributed by atoms with Crippen LogP contribution in [0.5, 0.6) is 11.5 Å². The summed E-state index contributed by atoms with van der Waals surface area (Å²) >= 11 is 6.03. The lowest BCUT2D eigenvalue weighted by Gasteiger charge is -2.37. The average Bonchev–Trinajstić information content (AvgIpc) is 2.88. The molecule has 0 saturated carbocycles. The monoisotopic (exact) mass is 482 g/mol. The Balaban J connectivity index is 1.20. The highest BCUT2D eigenvalue weighted by Gasteiger charge is 2.26. The third-order valence-electron chi connectivity index (χ3n) is 7.20. The molecule has 2 aromatic rings. The van der Waals surface area contributed by atoms with Crippen LogP contribution in [0, 0.1) is 5.92 Å². The molecule has 0 atom stereocenters. The van der Waals surface area contributed by atoms with Crippen molar-refractivity contribution in [2.45, 2.75) is 31.6 Å². The van der Waals surface area contributed by atoms with Crippen molar-refractivity contribution in [2.75, 3.05) is 46.9 Å². The summed E-state index contributed by atoms with van der Waals surface area (Å²) in [7, 11) is 3.23. The fraction of sp³-hybridized carbons (Fsp3) is 0.464. The van der Waals surface area contributed by atoms with E-state index in [1.807, 2.05) is 41.3 Å². The molecule has 0 aromatic heterocycles. The van der Waals surface area contributed by atoms with Gasteiger partial charge in [0.25, 0.3) is 0 Å². The lowest BCUT2D eigenvalue weighted by atomic mass is 9.88. The predicted molar refractivity (Wildman–Crippen MR) is 138 cm³/mol. The van der Waals surface area contributed by atoms with Crippen LogP contribution in [0.3, 0.4) is 0 Å². The van der Waals surface area contributed by atoms with Gasteiger partial charge in [0, 0.05) is 30.7 Å². The number of ether oxygens (including phenoxy) is 2. The van der Waals surface area contributed by atoms with E-state index in [0.717, 1.165) is 56.2 Å². The van der Waals surface area contributed by atoms with Crippen LogP contribution in [0.4, 0.5) is 0 Å². The number of rotatable bonds is 7. The molecule has 1 amide bonds. The number of benzene rings is 2. The van der Waals surface area contributed by atoms with E-state index >= 15 is 0 Å². The van der Waals surface area contributed by atoms with Gasteiger partial charge in [-0.2, -0.15) is 0 Å². The van der Waals surface area contributed by atoms with Gasteiger partial charge in [0.1, 0.15) is 0 Å². The van der Waals surface area contributed by atoms with Gasteiger partial charge < -0.3 is 19.3 Å². The third-order valence-corrected chi connectivity index (χ3v) is 7.45. The molecule has 0 aliphatic carbocycles. The van der Waals surface area contributed by atoms with Crippen LogP contribution in [0.2, 0.25) is 5.02 Å². The number of hydrogen-bond acceptors (Lipinski definition) is 4. The molecule has 6 heteroatoms. The molecule has 0 bridgehead atoms. The first kappa shape index (κ1) is 24.6. The highest BCUT2D eigenvalue weighted by atomic mass is 35.5. The molecule has 0 N–H and O–H groups in total. The lowest BCUT2D eigenvalue weighted by Crippen LogP contribution is -2.42. The zero-order chi connectivity index (χ0) is 23.9. The number of carbonyl (C=O) groups excluding carboxylic acids is 1. The second-order valence-electron chi connectivity index (χ2n) is 9.34. The quantitative estimate of drug-likeness (QED) is 0.489. The fourth-order valence-electron chi connectivity index (χ4n) is 5.11. The highest BCUT2D eigenvalue weighted by Crippen LogP contribution is 2.30. The van der Waals surface area contributed by atoms with Gasteiger partial charge in [0.2, 0.25) is 5.91 Å². The Kier molecular flexibility index (Phi) is 8.52. The minimum absolute atomic E-state index is 0.0806. The molecule has 34 heavy (non-hydrogen) atoms. The second kappa shape index (κ2) is 11.8. The first-order valence-corrected chi connectivity index (χ1v) is 12.6. The van der Waals surface area contributed by atoms with Gasteiger partial charge in [0.15, 0.2) is 11.5 Å².